The van der Waals surface area contributed by atoms with Crippen LogP contribution >= 0.6 is 22.9 Å². The Labute approximate surface area is 120 Å². The van der Waals surface area contributed by atoms with E-state index in [1.54, 1.807) is 0 Å². The number of hydrogen-bond donors (Lipinski definition) is 2. The second kappa shape index (κ2) is 6.04. The van der Waals surface area contributed by atoms with Gasteiger partial charge in [0.1, 0.15) is 0 Å². The van der Waals surface area contributed by atoms with Crippen LogP contribution in [-0.4, -0.2) is 16.1 Å². The first-order valence-corrected chi connectivity index (χ1v) is 7.00. The molecule has 0 spiro atoms. The molecule has 0 amide bonds. The Morgan fingerprint density at radius 2 is 2.32 bits per heavy atom. The van der Waals surface area contributed by atoms with E-state index in [1.165, 1.54) is 11.3 Å². The highest BCUT2D eigenvalue weighted by molar-refractivity contribution is 7.13. The van der Waals surface area contributed by atoms with Crippen LogP contribution in [0, 0.1) is 6.92 Å². The summed E-state index contributed by atoms with van der Waals surface area (Å²) >= 11 is 7.50. The van der Waals surface area contributed by atoms with E-state index >= 15 is 0 Å². The summed E-state index contributed by atoms with van der Waals surface area (Å²) in [7, 11) is 0. The van der Waals surface area contributed by atoms with Gasteiger partial charge in [-0.25, -0.2) is 4.98 Å². The van der Waals surface area contributed by atoms with Crippen molar-refractivity contribution < 1.29 is 9.90 Å². The van der Waals surface area contributed by atoms with Gasteiger partial charge in [0.15, 0.2) is 5.13 Å². The standard InChI is InChI=1S/C13H13ClN2O2S/c1-8-2-3-9(6-11(8)14)15-13-16-10(7-19-13)4-5-12(17)18/h2-3,6-7H,4-5H2,1H3,(H,15,16)(H,17,18). The Morgan fingerprint density at radius 3 is 3.00 bits per heavy atom. The number of aliphatic carboxylic acids is 1. The monoisotopic (exact) mass is 296 g/mol. The van der Waals surface area contributed by atoms with Crippen molar-refractivity contribution in [2.24, 2.45) is 0 Å². The van der Waals surface area contributed by atoms with Gasteiger partial charge in [-0.05, 0) is 24.6 Å². The normalized spacial score (nSPS) is 10.4. The van der Waals surface area contributed by atoms with Gasteiger partial charge in [0.2, 0.25) is 0 Å². The number of carboxylic acid groups (broad SMARTS) is 1. The van der Waals surface area contributed by atoms with Gasteiger partial charge in [-0.15, -0.1) is 11.3 Å². The van der Waals surface area contributed by atoms with Gasteiger partial charge in [0, 0.05) is 22.5 Å². The minimum Gasteiger partial charge on any atom is -0.481 e. The van der Waals surface area contributed by atoms with Crippen LogP contribution in [-0.2, 0) is 11.2 Å². The van der Waals surface area contributed by atoms with Crippen LogP contribution in [0.4, 0.5) is 10.8 Å². The molecule has 1 aromatic heterocycles. The summed E-state index contributed by atoms with van der Waals surface area (Å²) < 4.78 is 0. The number of nitrogens with one attached hydrogen (secondary N) is 1. The van der Waals surface area contributed by atoms with Crippen molar-refractivity contribution >= 4 is 39.7 Å². The van der Waals surface area contributed by atoms with Crippen molar-refractivity contribution in [1.82, 2.24) is 4.98 Å². The van der Waals surface area contributed by atoms with E-state index in [9.17, 15) is 4.79 Å². The summed E-state index contributed by atoms with van der Waals surface area (Å²) in [4.78, 5) is 14.8. The molecule has 0 saturated heterocycles. The number of benzene rings is 1. The molecule has 2 rings (SSSR count). The molecule has 0 fully saturated rings. The molecule has 0 unspecified atom stereocenters. The van der Waals surface area contributed by atoms with Gasteiger partial charge in [0.05, 0.1) is 12.1 Å². The maximum absolute atomic E-state index is 10.5. The van der Waals surface area contributed by atoms with Crippen molar-refractivity contribution in [3.8, 4) is 0 Å². The number of rotatable bonds is 5. The third-order valence-electron chi connectivity index (χ3n) is 2.57. The molecule has 4 nitrogen and oxygen atoms in total. The highest BCUT2D eigenvalue weighted by Gasteiger charge is 2.05. The van der Waals surface area contributed by atoms with Gasteiger partial charge in [-0.3, -0.25) is 4.79 Å². The number of nitrogens with zero attached hydrogens (tertiary/aromatic N) is 1. The van der Waals surface area contributed by atoms with Crippen molar-refractivity contribution in [3.05, 3.63) is 39.9 Å². The van der Waals surface area contributed by atoms with Crippen LogP contribution in [0.25, 0.3) is 0 Å². The number of carboxylic acids is 1. The molecular formula is C13H13ClN2O2S. The molecule has 0 aliphatic heterocycles. The fourth-order valence-electron chi connectivity index (χ4n) is 1.51. The summed E-state index contributed by atoms with van der Waals surface area (Å²) in [6.45, 7) is 1.94. The van der Waals surface area contributed by atoms with Crippen molar-refractivity contribution in [1.29, 1.82) is 0 Å². The predicted molar refractivity (Wildman–Crippen MR) is 77.5 cm³/mol. The fraction of sp³-hybridized carbons (Fsp3) is 0.231. The topological polar surface area (TPSA) is 62.2 Å². The molecule has 0 saturated carbocycles. The molecule has 19 heavy (non-hydrogen) atoms. The molecule has 1 heterocycles. The number of aryl methyl sites for hydroxylation is 2. The number of aromatic nitrogens is 1. The van der Waals surface area contributed by atoms with Crippen LogP contribution in [0.2, 0.25) is 5.02 Å². The summed E-state index contributed by atoms with van der Waals surface area (Å²) in [5, 5.41) is 15.1. The van der Waals surface area contributed by atoms with Gasteiger partial charge in [-0.1, -0.05) is 17.7 Å². The summed E-state index contributed by atoms with van der Waals surface area (Å²) in [6.07, 6.45) is 0.543. The van der Waals surface area contributed by atoms with Gasteiger partial charge in [-0.2, -0.15) is 0 Å². The SMILES string of the molecule is Cc1ccc(Nc2nc(CCC(=O)O)cs2)cc1Cl. The van der Waals surface area contributed by atoms with Crippen molar-refractivity contribution in [2.75, 3.05) is 5.32 Å². The van der Waals surface area contributed by atoms with E-state index in [0.29, 0.717) is 11.4 Å². The van der Waals surface area contributed by atoms with Gasteiger partial charge in [0.25, 0.3) is 0 Å². The number of anilines is 2. The number of halogens is 1. The van der Waals surface area contributed by atoms with Crippen LogP contribution < -0.4 is 5.32 Å². The van der Waals surface area contributed by atoms with Gasteiger partial charge >= 0.3 is 5.97 Å². The average molecular weight is 297 g/mol. The molecule has 2 N–H and O–H groups in total. The molecule has 0 aliphatic rings. The third-order valence-corrected chi connectivity index (χ3v) is 3.78. The molecule has 0 atom stereocenters. The maximum Gasteiger partial charge on any atom is 0.303 e. The molecule has 0 radical (unpaired) electrons. The van der Waals surface area contributed by atoms with Crippen LogP contribution in [0.15, 0.2) is 23.6 Å². The second-order valence-corrected chi connectivity index (χ2v) is 5.39. The Bertz CT molecular complexity index is 598. The maximum atomic E-state index is 10.5. The fourth-order valence-corrected chi connectivity index (χ4v) is 2.45. The van der Waals surface area contributed by atoms with Crippen LogP contribution in [0.1, 0.15) is 17.7 Å². The van der Waals surface area contributed by atoms with E-state index < -0.39 is 5.97 Å². The summed E-state index contributed by atoms with van der Waals surface area (Å²) in [5.41, 5.74) is 2.68. The van der Waals surface area contributed by atoms with E-state index in [1.807, 2.05) is 30.5 Å². The number of carbonyl (C=O) groups is 1. The lowest BCUT2D eigenvalue weighted by Crippen LogP contribution is -1.98. The summed E-state index contributed by atoms with van der Waals surface area (Å²) in [5.74, 6) is -0.812. The molecular weight excluding hydrogens is 284 g/mol. The largest absolute Gasteiger partial charge is 0.481 e. The minimum absolute atomic E-state index is 0.0968. The smallest absolute Gasteiger partial charge is 0.303 e. The average Bonchev–Trinajstić information content (AvgIpc) is 2.79. The van der Waals surface area contributed by atoms with E-state index in [2.05, 4.69) is 10.3 Å². The highest BCUT2D eigenvalue weighted by atomic mass is 35.5. The summed E-state index contributed by atoms with van der Waals surface area (Å²) in [6, 6.07) is 5.71. The lowest BCUT2D eigenvalue weighted by Gasteiger charge is -2.04. The highest BCUT2D eigenvalue weighted by Crippen LogP contribution is 2.25. The van der Waals surface area contributed by atoms with Crippen molar-refractivity contribution in [2.45, 2.75) is 19.8 Å². The molecule has 6 heteroatoms. The molecule has 100 valence electrons. The van der Waals surface area contributed by atoms with E-state index in [-0.39, 0.29) is 6.42 Å². The number of hydrogen-bond acceptors (Lipinski definition) is 4. The second-order valence-electron chi connectivity index (χ2n) is 4.13. The quantitative estimate of drug-likeness (QED) is 0.879. The molecule has 0 bridgehead atoms. The first-order valence-electron chi connectivity index (χ1n) is 5.74. The molecule has 1 aromatic carbocycles. The molecule has 0 aliphatic carbocycles. The Hall–Kier alpha value is -1.59. The first kappa shape index (κ1) is 13.8. The zero-order chi connectivity index (χ0) is 13.8. The lowest BCUT2D eigenvalue weighted by atomic mass is 10.2. The zero-order valence-electron chi connectivity index (χ0n) is 10.3. The molecule has 2 aromatic rings. The van der Waals surface area contributed by atoms with Crippen LogP contribution in [0.5, 0.6) is 0 Å². The zero-order valence-corrected chi connectivity index (χ0v) is 11.9. The third kappa shape index (κ3) is 3.94. The predicted octanol–water partition coefficient (Wildman–Crippen LogP) is 3.87. The first-order chi connectivity index (χ1) is 9.04. The van der Waals surface area contributed by atoms with E-state index in [0.717, 1.165) is 22.1 Å². The van der Waals surface area contributed by atoms with Gasteiger partial charge < -0.3 is 10.4 Å². The van der Waals surface area contributed by atoms with E-state index in [4.69, 9.17) is 16.7 Å². The van der Waals surface area contributed by atoms with Crippen molar-refractivity contribution in [3.63, 3.8) is 0 Å². The number of thiazole rings is 1. The minimum atomic E-state index is -0.812. The Morgan fingerprint density at radius 1 is 1.53 bits per heavy atom. The Balaban J connectivity index is 2.02. The van der Waals surface area contributed by atoms with Crippen LogP contribution in [0.3, 0.4) is 0 Å². The Kier molecular flexibility index (Phi) is 4.39. The lowest BCUT2D eigenvalue weighted by molar-refractivity contribution is -0.136.